The molecule has 69 heavy (non-hydrogen) atoms. The average molecular weight is 1170 g/mol. The number of aromatic amines is 2. The maximum absolute atomic E-state index is 5.95. The predicted molar refractivity (Wildman–Crippen MR) is 286 cm³/mol. The van der Waals surface area contributed by atoms with Crippen LogP contribution in [0, 0.1) is 31.2 Å². The van der Waals surface area contributed by atoms with E-state index in [4.69, 9.17) is 35.1 Å². The molecule has 0 spiro atoms. The van der Waals surface area contributed by atoms with Crippen molar-refractivity contribution in [3.63, 3.8) is 0 Å². The van der Waals surface area contributed by atoms with E-state index in [1.807, 2.05) is 23.2 Å². The van der Waals surface area contributed by atoms with E-state index in [1.165, 1.54) is 31.6 Å². The number of nitrogens with two attached hydrogens (primary N) is 5. The van der Waals surface area contributed by atoms with E-state index in [9.17, 15) is 0 Å². The lowest BCUT2D eigenvalue weighted by atomic mass is 10.3. The Hall–Kier alpha value is -7.45. The summed E-state index contributed by atoms with van der Waals surface area (Å²) in [5, 5.41) is 30.1. The number of aromatic nitrogens is 20. The lowest BCUT2D eigenvalue weighted by molar-refractivity contribution is 0.543. The van der Waals surface area contributed by atoms with Gasteiger partial charge in [-0.1, -0.05) is 25.6 Å². The minimum absolute atomic E-state index is 0.184. The number of terminal acetylenes is 1. The zero-order valence-corrected chi connectivity index (χ0v) is 44.3. The van der Waals surface area contributed by atoms with Crippen LogP contribution in [-0.4, -0.2) is 108 Å². The van der Waals surface area contributed by atoms with Crippen molar-refractivity contribution in [2.75, 3.05) is 28.7 Å². The molecule has 0 saturated carbocycles. The second-order valence-corrected chi connectivity index (χ2v) is 23.4. The van der Waals surface area contributed by atoms with Gasteiger partial charge in [0.2, 0.25) is 0 Å². The average Bonchev–Trinajstić information content (AvgIpc) is 4.14. The standard InChI is InChI=1S/C13H19N5Si.C10H11N5.C8H10IN5.C5H4IN5.C5H5N5/c1-9(2)18-13-11(12(14)15-8-16-13)10(17-18)6-7-19(3,4)5;1-4-7-8-9(11)12-5-13-10(8)15(14-7)6(2)3;1-4(2)14-8-5(6(9)13-14)7(10)11-3-12-8;6-3-2-4(7)8-1-9-5(2)11-10-3;6-4-3-1-9-10-5(3)8-2-7-4/h8-9H,1-5H3,(H2,14,15,16);1,5-6H,2-3H3,(H2,11,12,13);3-4H,1-2H3,(H2,10,11,12);1H,(H3,7,8,9,10,11);1-2H,(H3,6,7,8,9,10). The summed E-state index contributed by atoms with van der Waals surface area (Å²) in [6.07, 6.45) is 14.1. The number of halogens is 2. The lowest BCUT2D eigenvalue weighted by Gasteiger charge is -2.05. The number of nitrogen functional groups attached to an aromatic ring is 5. The van der Waals surface area contributed by atoms with Crippen molar-refractivity contribution in [2.45, 2.75) is 79.3 Å². The van der Waals surface area contributed by atoms with Crippen LogP contribution in [0.3, 0.4) is 0 Å². The van der Waals surface area contributed by atoms with Gasteiger partial charge in [0.1, 0.15) is 87.6 Å². The maximum atomic E-state index is 5.95. The molecule has 10 aromatic heterocycles. The summed E-state index contributed by atoms with van der Waals surface area (Å²) in [6, 6.07) is 0.665. The molecule has 0 atom stereocenters. The van der Waals surface area contributed by atoms with Crippen LogP contribution in [-0.2, 0) is 0 Å². The maximum Gasteiger partial charge on any atom is 0.187 e. The summed E-state index contributed by atoms with van der Waals surface area (Å²) in [4.78, 5) is 40.0. The van der Waals surface area contributed by atoms with Crippen molar-refractivity contribution < 1.29 is 0 Å². The molecule has 10 rings (SSSR count). The molecule has 12 N–H and O–H groups in total. The van der Waals surface area contributed by atoms with Crippen molar-refractivity contribution in [1.82, 2.24) is 99.6 Å². The summed E-state index contributed by atoms with van der Waals surface area (Å²) in [6.45, 7) is 18.8. The lowest BCUT2D eigenvalue weighted by Crippen LogP contribution is -2.16. The van der Waals surface area contributed by atoms with Gasteiger partial charge in [-0.3, -0.25) is 10.2 Å². The Morgan fingerprint density at radius 1 is 0.565 bits per heavy atom. The van der Waals surface area contributed by atoms with Gasteiger partial charge in [0.05, 0.1) is 33.1 Å². The number of hydrogen-bond donors (Lipinski definition) is 7. The number of fused-ring (bicyclic) bond motifs is 5. The third kappa shape index (κ3) is 11.6. The highest BCUT2D eigenvalue weighted by molar-refractivity contribution is 14.1. The molecule has 0 unspecified atom stereocenters. The highest BCUT2D eigenvalue weighted by atomic mass is 127. The van der Waals surface area contributed by atoms with Gasteiger partial charge >= 0.3 is 0 Å². The molecule has 0 aliphatic heterocycles. The number of H-pyrrole nitrogens is 2. The van der Waals surface area contributed by atoms with Crippen LogP contribution in [0.5, 0.6) is 0 Å². The molecular weight excluding hydrogens is 1120 g/mol. The molecule has 10 aromatic rings. The van der Waals surface area contributed by atoms with Gasteiger partial charge < -0.3 is 28.7 Å². The summed E-state index contributed by atoms with van der Waals surface area (Å²) in [7, 11) is -1.45. The molecule has 356 valence electrons. The zero-order valence-electron chi connectivity index (χ0n) is 39.0. The summed E-state index contributed by atoms with van der Waals surface area (Å²) >= 11 is 4.25. The molecule has 0 aliphatic carbocycles. The number of anilines is 5. The molecule has 25 nitrogen and oxygen atoms in total. The van der Waals surface area contributed by atoms with Gasteiger partial charge in [0.25, 0.3) is 0 Å². The van der Waals surface area contributed by atoms with Crippen LogP contribution < -0.4 is 28.7 Å². The first-order valence-electron chi connectivity index (χ1n) is 20.8. The summed E-state index contributed by atoms with van der Waals surface area (Å²) in [5.74, 6) is 7.89. The number of nitrogens with zero attached hydrogens (tertiary/aromatic N) is 18. The van der Waals surface area contributed by atoms with E-state index in [1.54, 1.807) is 10.9 Å². The van der Waals surface area contributed by atoms with E-state index in [0.29, 0.717) is 62.8 Å². The van der Waals surface area contributed by atoms with Gasteiger partial charge in [0.15, 0.2) is 28.2 Å². The van der Waals surface area contributed by atoms with Crippen molar-refractivity contribution >= 4 is 138 Å². The van der Waals surface area contributed by atoms with Crippen LogP contribution in [0.4, 0.5) is 29.1 Å². The Morgan fingerprint density at radius 2 is 1.01 bits per heavy atom. The minimum Gasteiger partial charge on any atom is -0.383 e. The quantitative estimate of drug-likeness (QED) is 0.0674. The molecule has 10 heterocycles. The Morgan fingerprint density at radius 3 is 1.52 bits per heavy atom. The van der Waals surface area contributed by atoms with E-state index < -0.39 is 8.07 Å². The minimum atomic E-state index is -1.45. The third-order valence-corrected chi connectivity index (χ3v) is 11.7. The second-order valence-electron chi connectivity index (χ2n) is 16.5. The van der Waals surface area contributed by atoms with Gasteiger partial charge in [-0.25, -0.2) is 63.9 Å². The number of rotatable bonds is 3. The Kier molecular flexibility index (Phi) is 16.0. The highest BCUT2D eigenvalue weighted by Gasteiger charge is 2.18. The van der Waals surface area contributed by atoms with Gasteiger partial charge in [0, 0.05) is 18.1 Å². The van der Waals surface area contributed by atoms with Gasteiger partial charge in [-0.15, -0.1) is 12.0 Å². The molecule has 0 amide bonds. The third-order valence-electron chi connectivity index (χ3n) is 9.29. The van der Waals surface area contributed by atoms with Gasteiger partial charge in [-0.2, -0.15) is 25.5 Å². The van der Waals surface area contributed by atoms with Crippen LogP contribution in [0.15, 0.2) is 37.8 Å². The van der Waals surface area contributed by atoms with Crippen LogP contribution in [0.1, 0.15) is 71.1 Å². The fourth-order valence-electron chi connectivity index (χ4n) is 6.09. The summed E-state index contributed by atoms with van der Waals surface area (Å²) < 4.78 is 7.18. The number of nitrogens with one attached hydrogen (secondary N) is 2. The van der Waals surface area contributed by atoms with Crippen molar-refractivity contribution in [2.24, 2.45) is 0 Å². The van der Waals surface area contributed by atoms with E-state index in [2.05, 4.69) is 195 Å². The molecule has 0 radical (unpaired) electrons. The Bertz CT molecular complexity index is 3510. The zero-order chi connectivity index (χ0) is 50.3. The largest absolute Gasteiger partial charge is 0.383 e. The monoisotopic (exact) mass is 1170 g/mol. The first-order valence-corrected chi connectivity index (χ1v) is 26.5. The SMILES string of the molecule is C#Cc1nn(C(C)C)c2ncnc(N)c12.CC(C)n1nc(C#C[Si](C)(C)C)c2c(N)ncnc21.CC(C)n1nc(I)c2c(N)ncnc21.Nc1ncnc2[nH]ncc12.Nc1ncnc2n[nH]c(I)c12. The summed E-state index contributed by atoms with van der Waals surface area (Å²) in [5.41, 5.74) is 36.6. The fourth-order valence-corrected chi connectivity index (χ4v) is 7.97. The fraction of sp³-hybridized carbons (Fsp3) is 0.293. The molecule has 0 aliphatic rings. The van der Waals surface area contributed by atoms with Crippen molar-refractivity contribution in [3.8, 4) is 23.8 Å². The molecule has 0 aromatic carbocycles. The van der Waals surface area contributed by atoms with Crippen LogP contribution >= 0.6 is 45.2 Å². The molecule has 0 bridgehead atoms. The first kappa shape index (κ1) is 50.9. The normalized spacial score (nSPS) is 11.1. The molecule has 0 fully saturated rings. The molecule has 0 saturated heterocycles. The predicted octanol–water partition coefficient (Wildman–Crippen LogP) is 5.26. The number of hydrogen-bond acceptors (Lipinski definition) is 20. The van der Waals surface area contributed by atoms with E-state index in [-0.39, 0.29) is 18.1 Å². The van der Waals surface area contributed by atoms with E-state index >= 15 is 0 Å². The van der Waals surface area contributed by atoms with Gasteiger partial charge in [-0.05, 0) is 92.6 Å². The van der Waals surface area contributed by atoms with E-state index in [0.717, 1.165) is 40.2 Å². The topological polar surface area (TPSA) is 370 Å². The highest BCUT2D eigenvalue weighted by Crippen LogP contribution is 2.26. The van der Waals surface area contributed by atoms with Crippen molar-refractivity contribution in [3.05, 3.63) is 56.6 Å². The molecule has 28 heteroatoms. The van der Waals surface area contributed by atoms with Crippen LogP contribution in [0.2, 0.25) is 19.6 Å². The Balaban J connectivity index is 0.000000144. The van der Waals surface area contributed by atoms with Crippen molar-refractivity contribution in [1.29, 1.82) is 0 Å². The smallest absolute Gasteiger partial charge is 0.187 e. The van der Waals surface area contributed by atoms with Crippen LogP contribution in [0.25, 0.3) is 55.2 Å². The second kappa shape index (κ2) is 21.7. The Labute approximate surface area is 422 Å². The molecular formula is C41H49I2N25Si. The first-order chi connectivity index (χ1) is 32.7.